The van der Waals surface area contributed by atoms with E-state index in [-0.39, 0.29) is 5.95 Å². The van der Waals surface area contributed by atoms with E-state index in [1.165, 1.54) is 18.6 Å². The van der Waals surface area contributed by atoms with Gasteiger partial charge in [-0.05, 0) is 18.6 Å². The zero-order chi connectivity index (χ0) is 10.7. The molecule has 15 heavy (non-hydrogen) atoms. The van der Waals surface area contributed by atoms with Gasteiger partial charge in [-0.25, -0.2) is 4.98 Å². The molecule has 1 aromatic rings. The zero-order valence-corrected chi connectivity index (χ0v) is 9.81. The summed E-state index contributed by atoms with van der Waals surface area (Å²) in [6.07, 6.45) is 2.42. The van der Waals surface area contributed by atoms with Crippen LogP contribution in [0.1, 0.15) is 12.8 Å². The minimum atomic E-state index is 0.216. The normalized spacial score (nSPS) is 21.3. The number of hydrogen-bond donors (Lipinski definition) is 2. The molecule has 4 nitrogen and oxygen atoms in total. The third-order valence-corrected chi connectivity index (χ3v) is 3.63. The molecule has 0 radical (unpaired) electrons. The Morgan fingerprint density at radius 3 is 3.07 bits per heavy atom. The second-order valence-electron chi connectivity index (χ2n) is 3.49. The summed E-state index contributed by atoms with van der Waals surface area (Å²) >= 11 is 7.75. The second-order valence-corrected chi connectivity index (χ2v) is 5.03. The molecule has 2 heterocycles. The Hall–Kier alpha value is -0.680. The van der Waals surface area contributed by atoms with Gasteiger partial charge in [-0.1, -0.05) is 11.6 Å². The van der Waals surface area contributed by atoms with E-state index in [4.69, 9.17) is 17.3 Å². The van der Waals surface area contributed by atoms with Crippen molar-refractivity contribution in [3.8, 4) is 0 Å². The second kappa shape index (κ2) is 4.90. The molecule has 1 aliphatic heterocycles. The van der Waals surface area contributed by atoms with Crippen LogP contribution in [0.2, 0.25) is 5.15 Å². The summed E-state index contributed by atoms with van der Waals surface area (Å²) in [5.41, 5.74) is 5.51. The van der Waals surface area contributed by atoms with Gasteiger partial charge in [0.25, 0.3) is 0 Å². The van der Waals surface area contributed by atoms with E-state index in [0.29, 0.717) is 11.2 Å². The van der Waals surface area contributed by atoms with Crippen LogP contribution in [0.15, 0.2) is 6.07 Å². The maximum absolute atomic E-state index is 5.79. The molecule has 0 amide bonds. The summed E-state index contributed by atoms with van der Waals surface area (Å²) in [4.78, 5) is 7.90. The number of nitrogens with one attached hydrogen (secondary N) is 1. The lowest BCUT2D eigenvalue weighted by atomic mass is 10.2. The first kappa shape index (κ1) is 10.8. The smallest absolute Gasteiger partial charge is 0.223 e. The highest BCUT2D eigenvalue weighted by Gasteiger charge is 2.14. The van der Waals surface area contributed by atoms with Crippen LogP contribution in [0.4, 0.5) is 11.8 Å². The molecule has 1 aliphatic rings. The number of thioether (sulfide) groups is 1. The highest BCUT2D eigenvalue weighted by atomic mass is 35.5. The van der Waals surface area contributed by atoms with Crippen molar-refractivity contribution in [2.24, 2.45) is 0 Å². The third kappa shape index (κ3) is 3.14. The molecule has 1 saturated heterocycles. The number of aromatic nitrogens is 2. The Labute approximate surface area is 98.0 Å². The standard InChI is InChI=1S/C9H13ClN4S/c10-7-4-8(14-9(11)13-7)12-6-2-1-3-15-5-6/h4,6H,1-3,5H2,(H3,11,12,13,14). The molecule has 1 aromatic heterocycles. The van der Waals surface area contributed by atoms with Crippen molar-refractivity contribution in [3.05, 3.63) is 11.2 Å². The highest BCUT2D eigenvalue weighted by Crippen LogP contribution is 2.21. The minimum Gasteiger partial charge on any atom is -0.368 e. The first-order valence-corrected chi connectivity index (χ1v) is 6.41. The van der Waals surface area contributed by atoms with Crippen molar-refractivity contribution in [1.29, 1.82) is 0 Å². The number of nitrogens with zero attached hydrogens (tertiary/aromatic N) is 2. The van der Waals surface area contributed by atoms with Crippen molar-refractivity contribution < 1.29 is 0 Å². The van der Waals surface area contributed by atoms with Crippen LogP contribution >= 0.6 is 23.4 Å². The molecule has 0 aliphatic carbocycles. The fourth-order valence-corrected chi connectivity index (χ4v) is 2.83. The number of rotatable bonds is 2. The lowest BCUT2D eigenvalue weighted by Gasteiger charge is -2.22. The van der Waals surface area contributed by atoms with Gasteiger partial charge >= 0.3 is 0 Å². The summed E-state index contributed by atoms with van der Waals surface area (Å²) < 4.78 is 0. The maximum Gasteiger partial charge on any atom is 0.223 e. The van der Waals surface area contributed by atoms with Gasteiger partial charge in [-0.2, -0.15) is 16.7 Å². The molecule has 0 saturated carbocycles. The van der Waals surface area contributed by atoms with Crippen LogP contribution in [0, 0.1) is 0 Å². The van der Waals surface area contributed by atoms with Crippen LogP contribution in [0.3, 0.4) is 0 Å². The van der Waals surface area contributed by atoms with Gasteiger partial charge in [-0.15, -0.1) is 0 Å². The lowest BCUT2D eigenvalue weighted by Crippen LogP contribution is -2.26. The van der Waals surface area contributed by atoms with Crippen LogP contribution < -0.4 is 11.1 Å². The van der Waals surface area contributed by atoms with E-state index in [1.807, 2.05) is 11.8 Å². The van der Waals surface area contributed by atoms with E-state index in [1.54, 1.807) is 6.07 Å². The average molecular weight is 245 g/mol. The topological polar surface area (TPSA) is 63.8 Å². The average Bonchev–Trinajstić information content (AvgIpc) is 2.17. The highest BCUT2D eigenvalue weighted by molar-refractivity contribution is 7.99. The number of nitrogens with two attached hydrogens (primary N) is 1. The maximum atomic E-state index is 5.79. The Morgan fingerprint density at radius 2 is 2.40 bits per heavy atom. The third-order valence-electron chi connectivity index (χ3n) is 2.22. The summed E-state index contributed by atoms with van der Waals surface area (Å²) in [6.45, 7) is 0. The Morgan fingerprint density at radius 1 is 1.53 bits per heavy atom. The summed E-state index contributed by atoms with van der Waals surface area (Å²) in [7, 11) is 0. The van der Waals surface area contributed by atoms with Crippen molar-refractivity contribution in [1.82, 2.24) is 9.97 Å². The Balaban J connectivity index is 2.02. The minimum absolute atomic E-state index is 0.216. The van der Waals surface area contributed by atoms with Gasteiger partial charge in [-0.3, -0.25) is 0 Å². The van der Waals surface area contributed by atoms with Gasteiger partial charge in [0, 0.05) is 17.9 Å². The van der Waals surface area contributed by atoms with Gasteiger partial charge < -0.3 is 11.1 Å². The monoisotopic (exact) mass is 244 g/mol. The molecule has 3 N–H and O–H groups in total. The predicted octanol–water partition coefficient (Wildman–Crippen LogP) is 2.02. The van der Waals surface area contributed by atoms with E-state index < -0.39 is 0 Å². The van der Waals surface area contributed by atoms with Gasteiger partial charge in [0.2, 0.25) is 5.95 Å². The lowest BCUT2D eigenvalue weighted by molar-refractivity contribution is 0.682. The first-order chi connectivity index (χ1) is 7.24. The zero-order valence-electron chi connectivity index (χ0n) is 8.24. The number of hydrogen-bond acceptors (Lipinski definition) is 5. The van der Waals surface area contributed by atoms with Gasteiger partial charge in [0.05, 0.1) is 0 Å². The Bertz CT molecular complexity index is 321. The molecule has 0 bridgehead atoms. The van der Waals surface area contributed by atoms with Crippen molar-refractivity contribution in [3.63, 3.8) is 0 Å². The Kier molecular flexibility index (Phi) is 3.53. The molecule has 6 heteroatoms. The molecule has 0 spiro atoms. The predicted molar refractivity (Wildman–Crippen MR) is 65.4 cm³/mol. The fourth-order valence-electron chi connectivity index (χ4n) is 1.57. The molecule has 1 fully saturated rings. The molecule has 1 atom stereocenters. The van der Waals surface area contributed by atoms with Gasteiger partial charge in [0.15, 0.2) is 0 Å². The number of anilines is 2. The number of nitrogen functional groups attached to an aromatic ring is 1. The summed E-state index contributed by atoms with van der Waals surface area (Å²) in [5, 5.41) is 3.71. The van der Waals surface area contributed by atoms with Gasteiger partial charge in [0.1, 0.15) is 11.0 Å². The molecule has 2 rings (SSSR count). The fraction of sp³-hybridized carbons (Fsp3) is 0.556. The van der Waals surface area contributed by atoms with E-state index >= 15 is 0 Å². The molecular weight excluding hydrogens is 232 g/mol. The molecule has 0 aromatic carbocycles. The quantitative estimate of drug-likeness (QED) is 0.780. The van der Waals surface area contributed by atoms with Crippen molar-refractivity contribution in [2.75, 3.05) is 22.6 Å². The van der Waals surface area contributed by atoms with Crippen LogP contribution in [0.25, 0.3) is 0 Å². The largest absolute Gasteiger partial charge is 0.368 e. The molecular formula is C9H13ClN4S. The first-order valence-electron chi connectivity index (χ1n) is 4.88. The van der Waals surface area contributed by atoms with E-state index in [2.05, 4.69) is 15.3 Å². The van der Waals surface area contributed by atoms with Crippen LogP contribution in [0.5, 0.6) is 0 Å². The SMILES string of the molecule is Nc1nc(Cl)cc(NC2CCCSC2)n1. The van der Waals surface area contributed by atoms with E-state index in [9.17, 15) is 0 Å². The van der Waals surface area contributed by atoms with Crippen molar-refractivity contribution in [2.45, 2.75) is 18.9 Å². The number of halogens is 1. The molecule has 82 valence electrons. The molecule has 1 unspecified atom stereocenters. The van der Waals surface area contributed by atoms with Crippen LogP contribution in [-0.4, -0.2) is 27.5 Å². The van der Waals surface area contributed by atoms with Crippen LogP contribution in [-0.2, 0) is 0 Å². The van der Waals surface area contributed by atoms with Crippen molar-refractivity contribution >= 4 is 35.1 Å². The summed E-state index contributed by atoms with van der Waals surface area (Å²) in [5.74, 6) is 3.31. The van der Waals surface area contributed by atoms with E-state index in [0.717, 1.165) is 11.6 Å². The summed E-state index contributed by atoms with van der Waals surface area (Å²) in [6, 6.07) is 2.17.